The van der Waals surface area contributed by atoms with Crippen molar-refractivity contribution in [3.63, 3.8) is 0 Å². The summed E-state index contributed by atoms with van der Waals surface area (Å²) in [5.74, 6) is -0.169. The Morgan fingerprint density at radius 1 is 1.09 bits per heavy atom. The first-order valence-electron chi connectivity index (χ1n) is 10.7. The monoisotopic (exact) mass is 467 g/mol. The van der Waals surface area contributed by atoms with E-state index in [1.165, 1.54) is 18.5 Å². The molecular formula is C24H32F3N3O3. The fourth-order valence-electron chi connectivity index (χ4n) is 3.48. The van der Waals surface area contributed by atoms with Crippen LogP contribution >= 0.6 is 0 Å². The Kier molecular flexibility index (Phi) is 7.98. The summed E-state index contributed by atoms with van der Waals surface area (Å²) in [7, 11) is 0. The molecule has 0 bridgehead atoms. The lowest BCUT2D eigenvalue weighted by atomic mass is 9.91. The minimum Gasteiger partial charge on any atom is -0.491 e. The summed E-state index contributed by atoms with van der Waals surface area (Å²) in [5.41, 5.74) is -1.23. The highest BCUT2D eigenvalue weighted by atomic mass is 19.4. The number of alkyl halides is 3. The Labute approximate surface area is 192 Å². The number of rotatable bonds is 7. The van der Waals surface area contributed by atoms with Crippen molar-refractivity contribution in [1.29, 1.82) is 0 Å². The normalized spacial score (nSPS) is 14.0. The molecule has 0 unspecified atom stereocenters. The van der Waals surface area contributed by atoms with Gasteiger partial charge in [-0.3, -0.25) is 0 Å². The van der Waals surface area contributed by atoms with Crippen LogP contribution in [0.5, 0.6) is 5.75 Å². The van der Waals surface area contributed by atoms with E-state index in [0.717, 1.165) is 6.07 Å². The first-order chi connectivity index (χ1) is 15.1. The molecule has 33 heavy (non-hydrogen) atoms. The lowest BCUT2D eigenvalue weighted by molar-refractivity contribution is -0.139. The van der Waals surface area contributed by atoms with Crippen LogP contribution in [0.2, 0.25) is 0 Å². The number of amides is 1. The summed E-state index contributed by atoms with van der Waals surface area (Å²) < 4.78 is 52.5. The van der Waals surface area contributed by atoms with Crippen molar-refractivity contribution < 1.29 is 27.4 Å². The fraction of sp³-hybridized carbons (Fsp3) is 0.542. The van der Waals surface area contributed by atoms with E-state index in [-0.39, 0.29) is 18.3 Å². The predicted octanol–water partition coefficient (Wildman–Crippen LogP) is 6.18. The van der Waals surface area contributed by atoms with Gasteiger partial charge in [0.2, 0.25) is 0 Å². The number of aryl methyl sites for hydroxylation is 1. The molecule has 182 valence electrons. The minimum atomic E-state index is -4.64. The van der Waals surface area contributed by atoms with Crippen LogP contribution in [-0.2, 0) is 10.9 Å². The molecule has 2 rings (SSSR count). The highest BCUT2D eigenvalue weighted by Crippen LogP contribution is 2.39. The zero-order chi connectivity index (χ0) is 25.0. The Balaban J connectivity index is 2.31. The Morgan fingerprint density at radius 3 is 2.30 bits per heavy atom. The second-order valence-electron chi connectivity index (χ2n) is 9.83. The number of carbonyl (C=O) groups excluding carboxylic acids is 1. The zero-order valence-corrected chi connectivity index (χ0v) is 20.1. The van der Waals surface area contributed by atoms with Crippen molar-refractivity contribution in [2.75, 3.05) is 6.61 Å². The van der Waals surface area contributed by atoms with Gasteiger partial charge in [0, 0.05) is 11.3 Å². The van der Waals surface area contributed by atoms with E-state index in [2.05, 4.69) is 15.3 Å². The van der Waals surface area contributed by atoms with E-state index in [9.17, 15) is 18.0 Å². The molecule has 0 fully saturated rings. The molecule has 0 aliphatic carbocycles. The standard InChI is InChI=1S/C24H32F3N3O3/c1-15(2)12-23(7,30-21(31)33-22(4,5)6)13-32-20-9-8-17(11-18(20)24(25,26)27)19-10-16(3)28-14-29-19/h8-11,14-15H,12-13H2,1-7H3,(H,30,31)/t23-/m0/s1. The predicted molar refractivity (Wildman–Crippen MR) is 120 cm³/mol. The van der Waals surface area contributed by atoms with E-state index < -0.39 is 29.0 Å². The van der Waals surface area contributed by atoms with Crippen LogP contribution in [-0.4, -0.2) is 33.8 Å². The second kappa shape index (κ2) is 9.97. The number of hydrogen-bond donors (Lipinski definition) is 1. The number of aromatic nitrogens is 2. The number of nitrogens with one attached hydrogen (secondary N) is 1. The van der Waals surface area contributed by atoms with Gasteiger partial charge in [0.25, 0.3) is 0 Å². The Hall–Kier alpha value is -2.84. The van der Waals surface area contributed by atoms with Crippen LogP contribution in [0.1, 0.15) is 59.2 Å². The molecule has 0 saturated carbocycles. The third kappa shape index (κ3) is 8.22. The van der Waals surface area contributed by atoms with Crippen LogP contribution in [0.15, 0.2) is 30.6 Å². The molecule has 1 atom stereocenters. The molecule has 1 N–H and O–H groups in total. The maximum absolute atomic E-state index is 13.8. The maximum Gasteiger partial charge on any atom is 0.419 e. The summed E-state index contributed by atoms with van der Waals surface area (Å²) in [6.07, 6.45) is -3.51. The van der Waals surface area contributed by atoms with E-state index in [0.29, 0.717) is 23.4 Å². The van der Waals surface area contributed by atoms with E-state index >= 15 is 0 Å². The van der Waals surface area contributed by atoms with Crippen LogP contribution < -0.4 is 10.1 Å². The smallest absolute Gasteiger partial charge is 0.419 e. The number of alkyl carbamates (subject to hydrolysis) is 1. The topological polar surface area (TPSA) is 73.3 Å². The van der Waals surface area contributed by atoms with Crippen molar-refractivity contribution >= 4 is 6.09 Å². The maximum atomic E-state index is 13.8. The molecule has 9 heteroatoms. The molecule has 2 aromatic rings. The van der Waals surface area contributed by atoms with Gasteiger partial charge in [-0.25, -0.2) is 14.8 Å². The molecule has 1 heterocycles. The fourth-order valence-corrected chi connectivity index (χ4v) is 3.48. The van der Waals surface area contributed by atoms with Crippen molar-refractivity contribution in [2.24, 2.45) is 5.92 Å². The molecule has 1 amide bonds. The number of hydrogen-bond acceptors (Lipinski definition) is 5. The average molecular weight is 468 g/mol. The SMILES string of the molecule is Cc1cc(-c2ccc(OC[C@](C)(CC(C)C)NC(=O)OC(C)(C)C)c(C(F)(F)F)c2)ncn1. The van der Waals surface area contributed by atoms with Crippen molar-refractivity contribution in [3.05, 3.63) is 41.9 Å². The van der Waals surface area contributed by atoms with Gasteiger partial charge in [0.1, 0.15) is 24.3 Å². The van der Waals surface area contributed by atoms with Crippen LogP contribution in [0.4, 0.5) is 18.0 Å². The first-order valence-corrected chi connectivity index (χ1v) is 10.7. The molecule has 0 aliphatic heterocycles. The third-order valence-electron chi connectivity index (χ3n) is 4.59. The highest BCUT2D eigenvalue weighted by Gasteiger charge is 2.36. The van der Waals surface area contributed by atoms with Crippen molar-refractivity contribution in [2.45, 2.75) is 72.2 Å². The highest BCUT2D eigenvalue weighted by molar-refractivity contribution is 5.68. The van der Waals surface area contributed by atoms with E-state index in [1.807, 2.05) is 13.8 Å². The van der Waals surface area contributed by atoms with E-state index in [1.54, 1.807) is 40.7 Å². The molecule has 1 aromatic carbocycles. The average Bonchev–Trinajstić information content (AvgIpc) is 2.63. The quantitative estimate of drug-likeness (QED) is 0.526. The summed E-state index contributed by atoms with van der Waals surface area (Å²) in [6, 6.07) is 5.42. The zero-order valence-electron chi connectivity index (χ0n) is 20.1. The van der Waals surface area contributed by atoms with Gasteiger partial charge in [-0.15, -0.1) is 0 Å². The third-order valence-corrected chi connectivity index (χ3v) is 4.59. The number of benzene rings is 1. The molecule has 0 radical (unpaired) electrons. The van der Waals surface area contributed by atoms with Crippen molar-refractivity contribution in [1.82, 2.24) is 15.3 Å². The van der Waals surface area contributed by atoms with Gasteiger partial charge in [-0.2, -0.15) is 13.2 Å². The van der Waals surface area contributed by atoms with Gasteiger partial charge in [-0.1, -0.05) is 13.8 Å². The minimum absolute atomic E-state index is 0.152. The van der Waals surface area contributed by atoms with Crippen molar-refractivity contribution in [3.8, 4) is 17.0 Å². The number of ether oxygens (including phenoxy) is 2. The summed E-state index contributed by atoms with van der Waals surface area (Å²) >= 11 is 0. The summed E-state index contributed by atoms with van der Waals surface area (Å²) in [6.45, 7) is 12.4. The summed E-state index contributed by atoms with van der Waals surface area (Å²) in [5, 5.41) is 2.77. The lowest BCUT2D eigenvalue weighted by Gasteiger charge is -2.33. The number of nitrogens with zero attached hydrogens (tertiary/aromatic N) is 2. The largest absolute Gasteiger partial charge is 0.491 e. The first kappa shape index (κ1) is 26.4. The van der Waals surface area contributed by atoms with Crippen LogP contribution in [0.3, 0.4) is 0 Å². The molecule has 6 nitrogen and oxygen atoms in total. The Morgan fingerprint density at radius 2 is 1.76 bits per heavy atom. The lowest BCUT2D eigenvalue weighted by Crippen LogP contribution is -2.52. The summed E-state index contributed by atoms with van der Waals surface area (Å²) in [4.78, 5) is 20.4. The number of carbonyl (C=O) groups is 1. The van der Waals surface area contributed by atoms with E-state index in [4.69, 9.17) is 9.47 Å². The van der Waals surface area contributed by atoms with Gasteiger partial charge < -0.3 is 14.8 Å². The Bertz CT molecular complexity index is 971. The van der Waals surface area contributed by atoms with Gasteiger partial charge in [0.05, 0.1) is 16.8 Å². The number of halogens is 3. The molecular weight excluding hydrogens is 435 g/mol. The van der Waals surface area contributed by atoms with Gasteiger partial charge in [0.15, 0.2) is 0 Å². The van der Waals surface area contributed by atoms with Gasteiger partial charge >= 0.3 is 12.3 Å². The molecule has 1 aromatic heterocycles. The van der Waals surface area contributed by atoms with Crippen LogP contribution in [0.25, 0.3) is 11.3 Å². The van der Waals surface area contributed by atoms with Crippen LogP contribution in [0, 0.1) is 12.8 Å². The molecule has 0 saturated heterocycles. The molecule has 0 spiro atoms. The van der Waals surface area contributed by atoms with Gasteiger partial charge in [-0.05, 0) is 71.2 Å². The molecule has 0 aliphatic rings. The second-order valence-corrected chi connectivity index (χ2v) is 9.83.